The molecule has 1 aromatic rings. The average molecular weight is 377 g/mol. The molecule has 5 nitrogen and oxygen atoms in total. The predicted octanol–water partition coefficient (Wildman–Crippen LogP) is 2.89. The lowest BCUT2D eigenvalue weighted by Crippen LogP contribution is -2.72. The fourth-order valence-corrected chi connectivity index (χ4v) is 3.94. The van der Waals surface area contributed by atoms with Crippen molar-refractivity contribution in [3.8, 4) is 0 Å². The minimum Gasteiger partial charge on any atom is -0.379 e. The number of hydrogen-bond acceptors (Lipinski definition) is 3. The zero-order valence-electron chi connectivity index (χ0n) is 17.3. The van der Waals surface area contributed by atoms with Gasteiger partial charge in [0.05, 0.1) is 19.3 Å². The van der Waals surface area contributed by atoms with E-state index in [0.717, 1.165) is 31.2 Å². The molecule has 3 rings (SSSR count). The second-order valence-corrected chi connectivity index (χ2v) is 8.68. The molecule has 2 heterocycles. The second kappa shape index (κ2) is 7.76. The topological polar surface area (TPSA) is 40.1 Å². The fraction of sp³-hybridized carbons (Fsp3) is 0.667. The van der Waals surface area contributed by atoms with Gasteiger partial charge >= 0.3 is 0 Å². The third kappa shape index (κ3) is 3.97. The van der Waals surface area contributed by atoms with E-state index in [1.165, 1.54) is 6.07 Å². The van der Waals surface area contributed by atoms with E-state index in [9.17, 15) is 4.39 Å². The van der Waals surface area contributed by atoms with Gasteiger partial charge in [0.15, 0.2) is 5.96 Å². The van der Waals surface area contributed by atoms with Gasteiger partial charge in [-0.1, -0.05) is 26.0 Å². The number of nitrogens with one attached hydrogen (secondary N) is 1. The number of rotatable bonds is 4. The summed E-state index contributed by atoms with van der Waals surface area (Å²) >= 11 is 0. The molecular formula is C21H33FN4O. The smallest absolute Gasteiger partial charge is 0.194 e. The molecule has 0 amide bonds. The highest BCUT2D eigenvalue weighted by Crippen LogP contribution is 2.46. The fourth-order valence-electron chi connectivity index (χ4n) is 3.94. The van der Waals surface area contributed by atoms with Gasteiger partial charge in [-0.3, -0.25) is 9.89 Å². The van der Waals surface area contributed by atoms with Crippen LogP contribution < -0.4 is 5.32 Å². The van der Waals surface area contributed by atoms with Crippen LogP contribution in [0.5, 0.6) is 0 Å². The third-order valence-corrected chi connectivity index (χ3v) is 6.53. The molecule has 27 heavy (non-hydrogen) atoms. The summed E-state index contributed by atoms with van der Waals surface area (Å²) in [5.41, 5.74) is 1.28. The maximum Gasteiger partial charge on any atom is 0.194 e. The number of guanidine groups is 1. The maximum atomic E-state index is 13.8. The third-order valence-electron chi connectivity index (χ3n) is 6.53. The zero-order valence-corrected chi connectivity index (χ0v) is 17.3. The van der Waals surface area contributed by atoms with Crippen LogP contribution in [0.2, 0.25) is 0 Å². The molecule has 150 valence electrons. The van der Waals surface area contributed by atoms with Crippen LogP contribution in [-0.2, 0) is 4.74 Å². The highest BCUT2D eigenvalue weighted by molar-refractivity contribution is 5.82. The molecule has 2 fully saturated rings. The Morgan fingerprint density at radius 2 is 1.96 bits per heavy atom. The van der Waals surface area contributed by atoms with Gasteiger partial charge in [0.2, 0.25) is 0 Å². The molecule has 0 bridgehead atoms. The van der Waals surface area contributed by atoms with Crippen LogP contribution in [0.15, 0.2) is 29.3 Å². The highest BCUT2D eigenvalue weighted by Gasteiger charge is 2.53. The van der Waals surface area contributed by atoms with E-state index in [-0.39, 0.29) is 22.8 Å². The molecule has 1 unspecified atom stereocenters. The lowest BCUT2D eigenvalue weighted by molar-refractivity contribution is -0.0670. The molecular weight excluding hydrogens is 343 g/mol. The molecule has 0 radical (unpaired) electrons. The molecule has 0 aliphatic carbocycles. The molecule has 0 saturated carbocycles. The first-order chi connectivity index (χ1) is 12.8. The van der Waals surface area contributed by atoms with Crippen molar-refractivity contribution in [3.63, 3.8) is 0 Å². The van der Waals surface area contributed by atoms with E-state index in [1.54, 1.807) is 12.1 Å². The van der Waals surface area contributed by atoms with Crippen molar-refractivity contribution in [1.82, 2.24) is 15.1 Å². The van der Waals surface area contributed by atoms with Gasteiger partial charge < -0.3 is 15.0 Å². The summed E-state index contributed by atoms with van der Waals surface area (Å²) in [5, 5.41) is 3.55. The molecule has 1 atom stereocenters. The van der Waals surface area contributed by atoms with Crippen LogP contribution in [0, 0.1) is 11.2 Å². The largest absolute Gasteiger partial charge is 0.379 e. The standard InChI is InChI=1S/C21H33FN4O/c1-20(2)15-26(21(20,3)4)19(23-5)24-14-18(25-9-11-27-12-10-25)16-7-6-8-17(22)13-16/h6-8,13,18H,9-12,14-15H2,1-5H3,(H,23,24). The number of morpholine rings is 1. The van der Waals surface area contributed by atoms with E-state index < -0.39 is 0 Å². The summed E-state index contributed by atoms with van der Waals surface area (Å²) in [6.45, 7) is 13.9. The first-order valence-corrected chi connectivity index (χ1v) is 9.82. The lowest BCUT2D eigenvalue weighted by Gasteiger charge is -2.62. The first-order valence-electron chi connectivity index (χ1n) is 9.82. The molecule has 6 heteroatoms. The Morgan fingerprint density at radius 1 is 1.26 bits per heavy atom. The predicted molar refractivity (Wildman–Crippen MR) is 107 cm³/mol. The summed E-state index contributed by atoms with van der Waals surface area (Å²) in [4.78, 5) is 9.21. The average Bonchev–Trinajstić information content (AvgIpc) is 2.65. The summed E-state index contributed by atoms with van der Waals surface area (Å²) < 4.78 is 19.3. The van der Waals surface area contributed by atoms with Crippen molar-refractivity contribution >= 4 is 5.96 Å². The summed E-state index contributed by atoms with van der Waals surface area (Å²) in [7, 11) is 1.83. The van der Waals surface area contributed by atoms with Crippen molar-refractivity contribution in [2.75, 3.05) is 46.4 Å². The van der Waals surface area contributed by atoms with Crippen LogP contribution in [0.25, 0.3) is 0 Å². The van der Waals surface area contributed by atoms with Crippen molar-refractivity contribution < 1.29 is 9.13 Å². The van der Waals surface area contributed by atoms with Gasteiger partial charge in [0.1, 0.15) is 5.82 Å². The minimum absolute atomic E-state index is 0.0438. The Hall–Kier alpha value is -1.66. The Kier molecular flexibility index (Phi) is 5.77. The minimum atomic E-state index is -0.194. The normalized spacial score (nSPS) is 23.6. The van der Waals surface area contributed by atoms with E-state index >= 15 is 0 Å². The van der Waals surface area contributed by atoms with Gasteiger partial charge in [0.25, 0.3) is 0 Å². The van der Waals surface area contributed by atoms with Crippen molar-refractivity contribution in [2.24, 2.45) is 10.4 Å². The van der Waals surface area contributed by atoms with Gasteiger partial charge in [0, 0.05) is 44.2 Å². The number of hydrogen-bond donors (Lipinski definition) is 1. The monoisotopic (exact) mass is 376 g/mol. The van der Waals surface area contributed by atoms with E-state index in [4.69, 9.17) is 4.74 Å². The first kappa shape index (κ1) is 20.1. The molecule has 1 N–H and O–H groups in total. The number of nitrogens with zero attached hydrogens (tertiary/aromatic N) is 3. The van der Waals surface area contributed by atoms with Gasteiger partial charge in [-0.05, 0) is 31.5 Å². The summed E-state index contributed by atoms with van der Waals surface area (Å²) in [5.74, 6) is 0.717. The zero-order chi connectivity index (χ0) is 19.7. The molecule has 2 aliphatic rings. The molecule has 1 aromatic carbocycles. The SMILES string of the molecule is CN=C(NCC(c1cccc(F)c1)N1CCOCC1)N1CC(C)(C)C1(C)C. The van der Waals surface area contributed by atoms with Crippen LogP contribution >= 0.6 is 0 Å². The van der Waals surface area contributed by atoms with Crippen LogP contribution in [0.4, 0.5) is 4.39 Å². The van der Waals surface area contributed by atoms with E-state index in [1.807, 2.05) is 13.1 Å². The Labute approximate surface area is 162 Å². The van der Waals surface area contributed by atoms with E-state index in [0.29, 0.717) is 19.8 Å². The molecule has 2 saturated heterocycles. The maximum absolute atomic E-state index is 13.8. The number of ether oxygens (including phenoxy) is 1. The van der Waals surface area contributed by atoms with Gasteiger partial charge in [-0.2, -0.15) is 0 Å². The lowest BCUT2D eigenvalue weighted by atomic mass is 9.65. The van der Waals surface area contributed by atoms with Crippen LogP contribution in [-0.4, -0.2) is 67.7 Å². The van der Waals surface area contributed by atoms with Crippen molar-refractivity contribution in [1.29, 1.82) is 0 Å². The second-order valence-electron chi connectivity index (χ2n) is 8.68. The Balaban J connectivity index is 1.74. The Bertz CT molecular complexity index is 683. The summed E-state index contributed by atoms with van der Waals surface area (Å²) in [6, 6.07) is 7.01. The van der Waals surface area contributed by atoms with Crippen LogP contribution in [0.3, 0.4) is 0 Å². The number of benzene rings is 1. The van der Waals surface area contributed by atoms with Gasteiger partial charge in [-0.25, -0.2) is 4.39 Å². The number of aliphatic imine (C=N–C) groups is 1. The van der Waals surface area contributed by atoms with Crippen molar-refractivity contribution in [2.45, 2.75) is 39.3 Å². The number of halogens is 1. The number of likely N-dealkylation sites (tertiary alicyclic amines) is 1. The molecule has 0 aromatic heterocycles. The van der Waals surface area contributed by atoms with Crippen molar-refractivity contribution in [3.05, 3.63) is 35.6 Å². The van der Waals surface area contributed by atoms with Crippen LogP contribution in [0.1, 0.15) is 39.3 Å². The quantitative estimate of drug-likeness (QED) is 0.648. The highest BCUT2D eigenvalue weighted by atomic mass is 19.1. The molecule has 2 aliphatic heterocycles. The van der Waals surface area contributed by atoms with Gasteiger partial charge in [-0.15, -0.1) is 0 Å². The Morgan fingerprint density at radius 3 is 2.52 bits per heavy atom. The molecule has 0 spiro atoms. The van der Waals surface area contributed by atoms with E-state index in [2.05, 4.69) is 47.8 Å². The summed E-state index contributed by atoms with van der Waals surface area (Å²) in [6.07, 6.45) is 0.